The highest BCUT2D eigenvalue weighted by Crippen LogP contribution is 2.41. The number of methoxy groups -OCH3 is 3. The molecule has 0 heterocycles. The zero-order valence-corrected chi connectivity index (χ0v) is 13.3. The molecule has 0 N–H and O–H groups in total. The first kappa shape index (κ1) is 17.0. The van der Waals surface area contributed by atoms with E-state index in [-0.39, 0.29) is 0 Å². The third-order valence-electron chi connectivity index (χ3n) is 3.71. The van der Waals surface area contributed by atoms with E-state index in [9.17, 15) is 4.79 Å². The average molecular weight is 315 g/mol. The first-order valence-corrected chi connectivity index (χ1v) is 7.04. The van der Waals surface area contributed by atoms with Crippen LogP contribution in [0, 0.1) is 0 Å². The van der Waals surface area contributed by atoms with Crippen LogP contribution in [0.1, 0.15) is 17.2 Å². The molecular formula is C18H19O5. The van der Waals surface area contributed by atoms with Crippen LogP contribution < -0.4 is 4.74 Å². The zero-order chi connectivity index (χ0) is 16.7. The summed E-state index contributed by atoms with van der Waals surface area (Å²) in [6.07, 6.45) is -0.830. The maximum atomic E-state index is 10.9. The van der Waals surface area contributed by atoms with Gasteiger partial charge in [-0.05, 0) is 17.7 Å². The summed E-state index contributed by atoms with van der Waals surface area (Å²) in [7, 11) is 4.59. The lowest BCUT2D eigenvalue weighted by atomic mass is 9.94. The summed E-state index contributed by atoms with van der Waals surface area (Å²) in [6, 6.07) is 16.4. The second kappa shape index (κ2) is 7.76. The van der Waals surface area contributed by atoms with Gasteiger partial charge in [-0.2, -0.15) is 0 Å². The van der Waals surface area contributed by atoms with Crippen molar-refractivity contribution in [1.29, 1.82) is 0 Å². The Balaban J connectivity index is 2.52. The van der Waals surface area contributed by atoms with Crippen LogP contribution in [0.25, 0.3) is 0 Å². The second-order valence-electron chi connectivity index (χ2n) is 4.80. The van der Waals surface area contributed by atoms with Gasteiger partial charge in [-0.1, -0.05) is 42.5 Å². The molecule has 0 aliphatic rings. The van der Waals surface area contributed by atoms with Crippen LogP contribution in [0.2, 0.25) is 0 Å². The summed E-state index contributed by atoms with van der Waals surface area (Å²) in [5.74, 6) is -0.587. The third-order valence-corrected chi connectivity index (χ3v) is 3.71. The summed E-state index contributed by atoms with van der Waals surface area (Å²) >= 11 is 0. The van der Waals surface area contributed by atoms with Gasteiger partial charge >= 0.3 is 6.47 Å². The molecule has 5 heteroatoms. The average Bonchev–Trinajstić information content (AvgIpc) is 2.63. The number of benzene rings is 2. The summed E-state index contributed by atoms with van der Waals surface area (Å²) in [5, 5.41) is 0. The highest BCUT2D eigenvalue weighted by atomic mass is 16.7. The van der Waals surface area contributed by atoms with Gasteiger partial charge in [-0.3, -0.25) is 0 Å². The van der Waals surface area contributed by atoms with Crippen molar-refractivity contribution in [3.8, 4) is 5.75 Å². The number of hydrogen-bond donors (Lipinski definition) is 0. The molecule has 2 aromatic rings. The molecular weight excluding hydrogens is 296 g/mol. The standard InChI is InChI=1S/C18H19O5/c1-20-16-11-9-14(10-12-16)17(23-13-19)18(21-2,22-3)15-7-5-4-6-8-15/h4-12,17H,1-3H3. The molecule has 2 aromatic carbocycles. The van der Waals surface area contributed by atoms with E-state index in [1.54, 1.807) is 31.4 Å². The Hall–Kier alpha value is -2.37. The van der Waals surface area contributed by atoms with Gasteiger partial charge in [0.25, 0.3) is 0 Å². The van der Waals surface area contributed by atoms with Crippen molar-refractivity contribution in [2.45, 2.75) is 11.9 Å². The topological polar surface area (TPSA) is 54.0 Å². The molecule has 2 rings (SSSR count). The van der Waals surface area contributed by atoms with Crippen molar-refractivity contribution >= 4 is 6.47 Å². The number of hydrogen-bond acceptors (Lipinski definition) is 5. The maximum absolute atomic E-state index is 10.9. The van der Waals surface area contributed by atoms with Crippen molar-refractivity contribution in [2.75, 3.05) is 21.3 Å². The Morgan fingerprint density at radius 2 is 1.52 bits per heavy atom. The van der Waals surface area contributed by atoms with E-state index in [4.69, 9.17) is 18.9 Å². The minimum absolute atomic E-state index is 0.696. The van der Waals surface area contributed by atoms with Gasteiger partial charge in [0.15, 0.2) is 6.10 Å². The van der Waals surface area contributed by atoms with E-state index < -0.39 is 11.9 Å². The SMILES string of the molecule is COc1ccc(C(O[C]=O)C(OC)(OC)c2ccccc2)cc1. The van der Waals surface area contributed by atoms with Crippen LogP contribution in [0.5, 0.6) is 5.75 Å². The van der Waals surface area contributed by atoms with Crippen LogP contribution in [0.3, 0.4) is 0 Å². The quantitative estimate of drug-likeness (QED) is 0.701. The molecule has 1 atom stereocenters. The van der Waals surface area contributed by atoms with Crippen molar-refractivity contribution in [3.05, 3.63) is 65.7 Å². The fourth-order valence-corrected chi connectivity index (χ4v) is 2.55. The smallest absolute Gasteiger partial charge is 0.418 e. The van der Waals surface area contributed by atoms with Crippen molar-refractivity contribution < 1.29 is 23.7 Å². The highest BCUT2D eigenvalue weighted by molar-refractivity contribution is 5.42. The Morgan fingerprint density at radius 3 is 2.00 bits per heavy atom. The van der Waals surface area contributed by atoms with Crippen molar-refractivity contribution in [3.63, 3.8) is 0 Å². The van der Waals surface area contributed by atoms with E-state index in [1.807, 2.05) is 30.3 Å². The number of ether oxygens (including phenoxy) is 4. The first-order valence-electron chi connectivity index (χ1n) is 7.04. The zero-order valence-electron chi connectivity index (χ0n) is 13.3. The molecule has 0 saturated carbocycles. The number of rotatable bonds is 8. The summed E-state index contributed by atoms with van der Waals surface area (Å²) in [4.78, 5) is 10.9. The van der Waals surface area contributed by atoms with E-state index in [2.05, 4.69) is 0 Å². The molecule has 1 radical (unpaired) electrons. The molecule has 5 nitrogen and oxygen atoms in total. The summed E-state index contributed by atoms with van der Waals surface area (Å²) in [6.45, 7) is 1.50. The van der Waals surface area contributed by atoms with E-state index in [1.165, 1.54) is 20.7 Å². The Kier molecular flexibility index (Phi) is 5.73. The van der Waals surface area contributed by atoms with Crippen LogP contribution in [-0.2, 0) is 24.8 Å². The summed E-state index contributed by atoms with van der Waals surface area (Å²) < 4.78 is 21.6. The molecule has 0 amide bonds. The van der Waals surface area contributed by atoms with Gasteiger partial charge in [0.1, 0.15) is 5.75 Å². The van der Waals surface area contributed by atoms with Gasteiger partial charge in [-0.25, -0.2) is 4.79 Å². The molecule has 0 aliphatic heterocycles. The molecule has 0 bridgehead atoms. The van der Waals surface area contributed by atoms with Crippen LogP contribution in [-0.4, -0.2) is 27.8 Å². The monoisotopic (exact) mass is 315 g/mol. The van der Waals surface area contributed by atoms with Gasteiger partial charge in [-0.15, -0.1) is 0 Å². The summed E-state index contributed by atoms with van der Waals surface area (Å²) in [5.41, 5.74) is 1.42. The lowest BCUT2D eigenvalue weighted by Crippen LogP contribution is -2.39. The van der Waals surface area contributed by atoms with Crippen LogP contribution in [0.15, 0.2) is 54.6 Å². The van der Waals surface area contributed by atoms with Gasteiger partial charge < -0.3 is 18.9 Å². The minimum atomic E-state index is -1.28. The van der Waals surface area contributed by atoms with E-state index >= 15 is 0 Å². The van der Waals surface area contributed by atoms with Gasteiger partial charge in [0.05, 0.1) is 7.11 Å². The molecule has 23 heavy (non-hydrogen) atoms. The van der Waals surface area contributed by atoms with Crippen LogP contribution in [0.4, 0.5) is 0 Å². The molecule has 1 unspecified atom stereocenters. The minimum Gasteiger partial charge on any atom is -0.497 e. The maximum Gasteiger partial charge on any atom is 0.418 e. The molecule has 0 saturated heterocycles. The fraction of sp³-hybridized carbons (Fsp3) is 0.278. The van der Waals surface area contributed by atoms with Crippen molar-refractivity contribution in [1.82, 2.24) is 0 Å². The predicted octanol–water partition coefficient (Wildman–Crippen LogP) is 2.97. The lowest BCUT2D eigenvalue weighted by molar-refractivity contribution is -0.268. The Labute approximate surface area is 135 Å². The van der Waals surface area contributed by atoms with Crippen molar-refractivity contribution in [2.24, 2.45) is 0 Å². The first-order chi connectivity index (χ1) is 11.2. The highest BCUT2D eigenvalue weighted by Gasteiger charge is 2.44. The molecule has 0 spiro atoms. The predicted molar refractivity (Wildman–Crippen MR) is 84.7 cm³/mol. The Bertz CT molecular complexity index is 605. The normalized spacial score (nSPS) is 12.5. The molecule has 0 aliphatic carbocycles. The Morgan fingerprint density at radius 1 is 0.913 bits per heavy atom. The lowest BCUT2D eigenvalue weighted by Gasteiger charge is -2.37. The number of carbonyl (C=O) groups excluding carboxylic acids is 1. The third kappa shape index (κ3) is 3.36. The molecule has 0 fully saturated rings. The van der Waals surface area contributed by atoms with E-state index in [0.717, 1.165) is 5.56 Å². The fourth-order valence-electron chi connectivity index (χ4n) is 2.55. The molecule has 0 aromatic heterocycles. The molecule has 121 valence electrons. The van der Waals surface area contributed by atoms with E-state index in [0.29, 0.717) is 11.3 Å². The van der Waals surface area contributed by atoms with Gasteiger partial charge in [0.2, 0.25) is 5.79 Å². The van der Waals surface area contributed by atoms with Crippen LogP contribution >= 0.6 is 0 Å². The second-order valence-corrected chi connectivity index (χ2v) is 4.80. The van der Waals surface area contributed by atoms with Gasteiger partial charge in [0, 0.05) is 19.8 Å². The largest absolute Gasteiger partial charge is 0.497 e.